The number of aromatic nitrogens is 3. The molecule has 0 fully saturated rings. The van der Waals surface area contributed by atoms with Gasteiger partial charge in [-0.1, -0.05) is 63.2 Å². The molecule has 0 saturated heterocycles. The normalized spacial score (nSPS) is 12.2. The van der Waals surface area contributed by atoms with Crippen molar-refractivity contribution in [3.8, 4) is 16.9 Å². The molecule has 3 aromatic rings. The summed E-state index contributed by atoms with van der Waals surface area (Å²) in [4.78, 5) is 4.00. The molecule has 0 amide bonds. The van der Waals surface area contributed by atoms with Gasteiger partial charge in [-0.25, -0.2) is 4.98 Å². The maximum absolute atomic E-state index is 6.05. The predicted octanol–water partition coefficient (Wildman–Crippen LogP) is 4.87. The number of rotatable bonds is 4. The average Bonchev–Trinajstić information content (AvgIpc) is 3.09. The van der Waals surface area contributed by atoms with Gasteiger partial charge in [0.15, 0.2) is 0 Å². The van der Waals surface area contributed by atoms with Crippen LogP contribution < -0.4 is 4.74 Å². The zero-order valence-electron chi connectivity index (χ0n) is 14.2. The van der Waals surface area contributed by atoms with Crippen LogP contribution in [-0.2, 0) is 0 Å². The minimum Gasteiger partial charge on any atom is -0.439 e. The zero-order chi connectivity index (χ0) is 17.0. The Morgan fingerprint density at radius 2 is 1.62 bits per heavy atom. The Hall–Kier alpha value is -2.88. The molecule has 2 aromatic carbocycles. The molecule has 0 atom stereocenters. The number of ether oxygens (including phenoxy) is 1. The molecule has 4 nitrogen and oxygen atoms in total. The minimum absolute atomic E-state index is 0.0364. The fourth-order valence-corrected chi connectivity index (χ4v) is 2.30. The van der Waals surface area contributed by atoms with Gasteiger partial charge >= 0.3 is 0 Å². The van der Waals surface area contributed by atoms with Crippen LogP contribution >= 0.6 is 0 Å². The molecule has 122 valence electrons. The van der Waals surface area contributed by atoms with Gasteiger partial charge in [0, 0.05) is 0 Å². The Labute approximate surface area is 142 Å². The van der Waals surface area contributed by atoms with Gasteiger partial charge in [0.2, 0.25) is 5.88 Å². The van der Waals surface area contributed by atoms with Gasteiger partial charge in [-0.15, -0.1) is 0 Å². The van der Waals surface area contributed by atoms with Gasteiger partial charge < -0.3 is 4.74 Å². The Morgan fingerprint density at radius 1 is 0.958 bits per heavy atom. The molecule has 0 aliphatic heterocycles. The van der Waals surface area contributed by atoms with E-state index in [1.165, 1.54) is 11.9 Å². The summed E-state index contributed by atoms with van der Waals surface area (Å²) in [6.07, 6.45) is 5.17. The van der Waals surface area contributed by atoms with Crippen molar-refractivity contribution in [1.82, 2.24) is 14.8 Å². The van der Waals surface area contributed by atoms with Gasteiger partial charge in [-0.2, -0.15) is 9.78 Å². The van der Waals surface area contributed by atoms with E-state index in [9.17, 15) is 0 Å². The van der Waals surface area contributed by atoms with Crippen LogP contribution in [0.1, 0.15) is 20.8 Å². The van der Waals surface area contributed by atoms with Crippen molar-refractivity contribution in [2.75, 3.05) is 0 Å². The molecule has 1 aromatic heterocycles. The van der Waals surface area contributed by atoms with Crippen LogP contribution in [0.15, 0.2) is 73.3 Å². The Bertz CT molecular complexity index is 798. The fourth-order valence-electron chi connectivity index (χ4n) is 2.30. The SMILES string of the molecule is CC(C)(C)/C=C(\Oc1ccc(-c2ccccc2)cc1)n1cncn1. The van der Waals surface area contributed by atoms with Crippen molar-refractivity contribution in [2.24, 2.45) is 5.41 Å². The second kappa shape index (κ2) is 6.71. The van der Waals surface area contributed by atoms with Crippen LogP contribution in [0.5, 0.6) is 5.75 Å². The van der Waals surface area contributed by atoms with E-state index in [2.05, 4.69) is 55.1 Å². The molecule has 0 unspecified atom stereocenters. The van der Waals surface area contributed by atoms with E-state index in [-0.39, 0.29) is 5.41 Å². The summed E-state index contributed by atoms with van der Waals surface area (Å²) in [6.45, 7) is 6.35. The fraction of sp³-hybridized carbons (Fsp3) is 0.200. The molecule has 24 heavy (non-hydrogen) atoms. The molecule has 0 spiro atoms. The van der Waals surface area contributed by atoms with Crippen molar-refractivity contribution < 1.29 is 4.74 Å². The topological polar surface area (TPSA) is 39.9 Å². The van der Waals surface area contributed by atoms with E-state index in [4.69, 9.17) is 4.74 Å². The number of allylic oxidation sites excluding steroid dienone is 1. The lowest BCUT2D eigenvalue weighted by Gasteiger charge is -2.16. The van der Waals surface area contributed by atoms with Crippen molar-refractivity contribution >= 4 is 5.88 Å². The molecule has 0 aliphatic carbocycles. The van der Waals surface area contributed by atoms with E-state index in [1.807, 2.05) is 36.4 Å². The quantitative estimate of drug-likeness (QED) is 0.644. The number of nitrogens with zero attached hydrogens (tertiary/aromatic N) is 3. The lowest BCUT2D eigenvalue weighted by Crippen LogP contribution is -2.10. The molecular weight excluding hydrogens is 298 g/mol. The minimum atomic E-state index is -0.0364. The van der Waals surface area contributed by atoms with Crippen molar-refractivity contribution in [3.63, 3.8) is 0 Å². The summed E-state index contributed by atoms with van der Waals surface area (Å²) in [5.74, 6) is 1.41. The first-order valence-electron chi connectivity index (χ1n) is 7.92. The standard InChI is InChI=1S/C20H21N3O/c1-20(2,3)13-19(23-15-21-14-22-23)24-18-11-9-17(10-12-18)16-7-5-4-6-8-16/h4-15H,1-3H3/b19-13-. The van der Waals surface area contributed by atoms with E-state index in [1.54, 1.807) is 11.0 Å². The monoisotopic (exact) mass is 319 g/mol. The molecule has 4 heteroatoms. The van der Waals surface area contributed by atoms with Crippen LogP contribution in [0.4, 0.5) is 0 Å². The third kappa shape index (κ3) is 4.10. The summed E-state index contributed by atoms with van der Waals surface area (Å²) in [5, 5.41) is 4.17. The second-order valence-electron chi connectivity index (χ2n) is 6.68. The largest absolute Gasteiger partial charge is 0.439 e. The molecule has 0 saturated carbocycles. The Balaban J connectivity index is 1.84. The lowest BCUT2D eigenvalue weighted by atomic mass is 9.97. The number of benzene rings is 2. The molecule has 0 N–H and O–H groups in total. The molecule has 1 heterocycles. The number of hydrogen-bond acceptors (Lipinski definition) is 3. The summed E-state index contributed by atoms with van der Waals surface area (Å²) >= 11 is 0. The maximum Gasteiger partial charge on any atom is 0.218 e. The number of hydrogen-bond donors (Lipinski definition) is 0. The van der Waals surface area contributed by atoms with E-state index >= 15 is 0 Å². The third-order valence-corrected chi connectivity index (χ3v) is 3.38. The van der Waals surface area contributed by atoms with Crippen LogP contribution in [0.25, 0.3) is 17.0 Å². The average molecular weight is 319 g/mol. The highest BCUT2D eigenvalue weighted by Crippen LogP contribution is 2.26. The lowest BCUT2D eigenvalue weighted by molar-refractivity contribution is 0.443. The maximum atomic E-state index is 6.05. The first-order valence-corrected chi connectivity index (χ1v) is 7.92. The summed E-state index contributed by atoms with van der Waals surface area (Å²) in [6, 6.07) is 18.3. The van der Waals surface area contributed by atoms with Gasteiger partial charge in [0.05, 0.1) is 0 Å². The Kier molecular flexibility index (Phi) is 4.47. The van der Waals surface area contributed by atoms with E-state index in [0.29, 0.717) is 5.88 Å². The molecule has 0 radical (unpaired) electrons. The first kappa shape index (κ1) is 16.0. The van der Waals surface area contributed by atoms with Gasteiger partial charge in [-0.05, 0) is 34.8 Å². The summed E-state index contributed by atoms with van der Waals surface area (Å²) in [5.41, 5.74) is 2.31. The molecular formula is C20H21N3O. The van der Waals surface area contributed by atoms with Crippen LogP contribution in [0.2, 0.25) is 0 Å². The summed E-state index contributed by atoms with van der Waals surface area (Å²) < 4.78 is 7.68. The second-order valence-corrected chi connectivity index (χ2v) is 6.68. The van der Waals surface area contributed by atoms with Crippen molar-refractivity contribution in [1.29, 1.82) is 0 Å². The summed E-state index contributed by atoms with van der Waals surface area (Å²) in [7, 11) is 0. The smallest absolute Gasteiger partial charge is 0.218 e. The molecule has 0 bridgehead atoms. The van der Waals surface area contributed by atoms with Crippen LogP contribution in [0, 0.1) is 5.41 Å². The van der Waals surface area contributed by atoms with Crippen molar-refractivity contribution in [2.45, 2.75) is 20.8 Å². The van der Waals surface area contributed by atoms with E-state index in [0.717, 1.165) is 11.3 Å². The molecule has 3 rings (SSSR count). The predicted molar refractivity (Wildman–Crippen MR) is 96.3 cm³/mol. The third-order valence-electron chi connectivity index (χ3n) is 3.38. The highest BCUT2D eigenvalue weighted by molar-refractivity contribution is 5.64. The van der Waals surface area contributed by atoms with Gasteiger partial charge in [0.25, 0.3) is 0 Å². The highest BCUT2D eigenvalue weighted by Gasteiger charge is 2.13. The zero-order valence-corrected chi connectivity index (χ0v) is 14.2. The van der Waals surface area contributed by atoms with Crippen LogP contribution in [0.3, 0.4) is 0 Å². The Morgan fingerprint density at radius 3 is 2.21 bits per heavy atom. The first-order chi connectivity index (χ1) is 11.5. The molecule has 0 aliphatic rings. The van der Waals surface area contributed by atoms with Crippen LogP contribution in [-0.4, -0.2) is 14.8 Å². The highest BCUT2D eigenvalue weighted by atomic mass is 16.5. The van der Waals surface area contributed by atoms with E-state index < -0.39 is 0 Å². The van der Waals surface area contributed by atoms with Gasteiger partial charge in [-0.3, -0.25) is 0 Å². The van der Waals surface area contributed by atoms with Crippen molar-refractivity contribution in [3.05, 3.63) is 73.3 Å². The van der Waals surface area contributed by atoms with Gasteiger partial charge in [0.1, 0.15) is 18.4 Å².